The van der Waals surface area contributed by atoms with E-state index in [9.17, 15) is 4.79 Å². The molecule has 3 rings (SSSR count). The van der Waals surface area contributed by atoms with Crippen LogP contribution in [0.2, 0.25) is 0 Å². The lowest BCUT2D eigenvalue weighted by molar-refractivity contribution is -0.135. The summed E-state index contributed by atoms with van der Waals surface area (Å²) in [7, 11) is 0. The number of nitrogens with two attached hydrogens (primary N) is 1. The van der Waals surface area contributed by atoms with Gasteiger partial charge in [-0.15, -0.1) is 0 Å². The molecule has 4 heteroatoms. The Balaban J connectivity index is 1.62. The van der Waals surface area contributed by atoms with E-state index in [0.29, 0.717) is 0 Å². The quantitative estimate of drug-likeness (QED) is 0.939. The minimum atomic E-state index is -0.380. The maximum Gasteiger partial charge on any atom is 0.239 e. The highest BCUT2D eigenvalue weighted by Gasteiger charge is 2.26. The molecule has 1 saturated heterocycles. The van der Waals surface area contributed by atoms with Gasteiger partial charge < -0.3 is 10.6 Å². The Bertz CT molecular complexity index is 700. The van der Waals surface area contributed by atoms with Crippen LogP contribution in [0.5, 0.6) is 0 Å². The molecule has 2 aromatic rings. The van der Waals surface area contributed by atoms with Crippen LogP contribution in [0.15, 0.2) is 42.5 Å². The van der Waals surface area contributed by atoms with Crippen LogP contribution < -0.4 is 5.73 Å². The van der Waals surface area contributed by atoms with Gasteiger partial charge in [0.2, 0.25) is 5.91 Å². The maximum absolute atomic E-state index is 12.4. The standard InChI is InChI=1S/C20H27N3O/c1-15(2)19(21)20(24)23-12-10-22(11-13-23)14-17-8-5-7-16-6-3-4-9-18(16)17/h3-9,15,19H,10-14,21H2,1-2H3/t19-/m0/s1. The monoisotopic (exact) mass is 325 g/mol. The number of amides is 1. The number of piperazine rings is 1. The van der Waals surface area contributed by atoms with E-state index >= 15 is 0 Å². The zero-order valence-electron chi connectivity index (χ0n) is 14.6. The van der Waals surface area contributed by atoms with Gasteiger partial charge in [-0.05, 0) is 22.3 Å². The molecule has 128 valence electrons. The molecule has 1 aliphatic rings. The Morgan fingerprint density at radius 1 is 1.04 bits per heavy atom. The van der Waals surface area contributed by atoms with Gasteiger partial charge in [0.05, 0.1) is 6.04 Å². The molecule has 2 N–H and O–H groups in total. The van der Waals surface area contributed by atoms with Crippen LogP contribution in [0.4, 0.5) is 0 Å². The molecule has 0 bridgehead atoms. The van der Waals surface area contributed by atoms with Crippen molar-refractivity contribution >= 4 is 16.7 Å². The molecule has 1 atom stereocenters. The van der Waals surface area contributed by atoms with E-state index < -0.39 is 0 Å². The third kappa shape index (κ3) is 3.60. The van der Waals surface area contributed by atoms with Crippen molar-refractivity contribution in [3.05, 3.63) is 48.0 Å². The van der Waals surface area contributed by atoms with Crippen LogP contribution >= 0.6 is 0 Å². The molecule has 0 aliphatic carbocycles. The highest BCUT2D eigenvalue weighted by Crippen LogP contribution is 2.20. The van der Waals surface area contributed by atoms with Crippen molar-refractivity contribution in [3.63, 3.8) is 0 Å². The van der Waals surface area contributed by atoms with E-state index in [1.807, 2.05) is 18.7 Å². The Hall–Kier alpha value is -1.91. The number of benzene rings is 2. The summed E-state index contributed by atoms with van der Waals surface area (Å²) in [5, 5.41) is 2.60. The fourth-order valence-corrected chi connectivity index (χ4v) is 3.29. The van der Waals surface area contributed by atoms with E-state index in [1.54, 1.807) is 0 Å². The Morgan fingerprint density at radius 2 is 1.71 bits per heavy atom. The zero-order valence-corrected chi connectivity index (χ0v) is 14.6. The number of nitrogens with zero attached hydrogens (tertiary/aromatic N) is 2. The summed E-state index contributed by atoms with van der Waals surface area (Å²) in [6.45, 7) is 8.27. The molecule has 1 heterocycles. The number of hydrogen-bond acceptors (Lipinski definition) is 3. The summed E-state index contributed by atoms with van der Waals surface area (Å²) in [6.07, 6.45) is 0. The summed E-state index contributed by atoms with van der Waals surface area (Å²) in [5.74, 6) is 0.279. The highest BCUT2D eigenvalue weighted by atomic mass is 16.2. The van der Waals surface area contributed by atoms with E-state index in [2.05, 4.69) is 47.4 Å². The number of rotatable bonds is 4. The van der Waals surface area contributed by atoms with Crippen molar-refractivity contribution in [3.8, 4) is 0 Å². The first-order valence-electron chi connectivity index (χ1n) is 8.79. The van der Waals surface area contributed by atoms with E-state index in [0.717, 1.165) is 32.7 Å². The van der Waals surface area contributed by atoms with Crippen molar-refractivity contribution in [2.24, 2.45) is 11.7 Å². The van der Waals surface area contributed by atoms with Gasteiger partial charge in [-0.1, -0.05) is 56.3 Å². The summed E-state index contributed by atoms with van der Waals surface area (Å²) in [4.78, 5) is 16.7. The lowest BCUT2D eigenvalue weighted by Crippen LogP contribution is -2.54. The molecule has 1 fully saturated rings. The second-order valence-electron chi connectivity index (χ2n) is 7.01. The molecule has 4 nitrogen and oxygen atoms in total. The zero-order chi connectivity index (χ0) is 17.1. The van der Waals surface area contributed by atoms with Crippen molar-refractivity contribution in [1.29, 1.82) is 0 Å². The number of fused-ring (bicyclic) bond motifs is 1. The molecular weight excluding hydrogens is 298 g/mol. The molecule has 0 aromatic heterocycles. The number of carbonyl (C=O) groups excluding carboxylic acids is 1. The van der Waals surface area contributed by atoms with Crippen LogP contribution in [0, 0.1) is 5.92 Å². The largest absolute Gasteiger partial charge is 0.339 e. The second-order valence-corrected chi connectivity index (χ2v) is 7.01. The van der Waals surface area contributed by atoms with Gasteiger partial charge in [-0.2, -0.15) is 0 Å². The first kappa shape index (κ1) is 16.9. The molecule has 1 amide bonds. The lowest BCUT2D eigenvalue weighted by atomic mass is 10.0. The molecule has 2 aromatic carbocycles. The van der Waals surface area contributed by atoms with Gasteiger partial charge in [0.15, 0.2) is 0 Å². The van der Waals surface area contributed by atoms with Gasteiger partial charge in [0, 0.05) is 32.7 Å². The van der Waals surface area contributed by atoms with E-state index in [4.69, 9.17) is 5.73 Å². The summed E-state index contributed by atoms with van der Waals surface area (Å²) < 4.78 is 0. The maximum atomic E-state index is 12.4. The van der Waals surface area contributed by atoms with Gasteiger partial charge >= 0.3 is 0 Å². The van der Waals surface area contributed by atoms with Gasteiger partial charge in [-0.3, -0.25) is 9.69 Å². The lowest BCUT2D eigenvalue weighted by Gasteiger charge is -2.36. The van der Waals surface area contributed by atoms with Crippen molar-refractivity contribution in [2.45, 2.75) is 26.4 Å². The Morgan fingerprint density at radius 3 is 2.42 bits per heavy atom. The molecular formula is C20H27N3O. The smallest absolute Gasteiger partial charge is 0.239 e. The van der Waals surface area contributed by atoms with Crippen LogP contribution in [0.25, 0.3) is 10.8 Å². The fourth-order valence-electron chi connectivity index (χ4n) is 3.29. The topological polar surface area (TPSA) is 49.6 Å². The van der Waals surface area contributed by atoms with Crippen LogP contribution in [0.3, 0.4) is 0 Å². The second kappa shape index (κ2) is 7.32. The minimum Gasteiger partial charge on any atom is -0.339 e. The molecule has 1 aliphatic heterocycles. The normalized spacial score (nSPS) is 17.4. The van der Waals surface area contributed by atoms with Crippen LogP contribution in [-0.4, -0.2) is 47.9 Å². The minimum absolute atomic E-state index is 0.0924. The van der Waals surface area contributed by atoms with Gasteiger partial charge in [-0.25, -0.2) is 0 Å². The number of carbonyl (C=O) groups is 1. The average molecular weight is 325 g/mol. The fraction of sp³-hybridized carbons (Fsp3) is 0.450. The third-order valence-corrected chi connectivity index (χ3v) is 4.96. The predicted molar refractivity (Wildman–Crippen MR) is 98.6 cm³/mol. The molecule has 0 unspecified atom stereocenters. The SMILES string of the molecule is CC(C)[C@H](N)C(=O)N1CCN(Cc2cccc3ccccc23)CC1. The molecule has 24 heavy (non-hydrogen) atoms. The first-order chi connectivity index (χ1) is 11.6. The summed E-state index contributed by atoms with van der Waals surface area (Å²) in [6, 6.07) is 14.6. The van der Waals surface area contributed by atoms with E-state index in [1.165, 1.54) is 16.3 Å². The molecule has 0 radical (unpaired) electrons. The van der Waals surface area contributed by atoms with Crippen molar-refractivity contribution in [2.75, 3.05) is 26.2 Å². The Kier molecular flexibility index (Phi) is 5.17. The van der Waals surface area contributed by atoms with Crippen molar-refractivity contribution in [1.82, 2.24) is 9.80 Å². The van der Waals surface area contributed by atoms with Crippen molar-refractivity contribution < 1.29 is 4.79 Å². The average Bonchev–Trinajstić information content (AvgIpc) is 2.61. The Labute approximate surface area is 144 Å². The first-order valence-corrected chi connectivity index (χ1v) is 8.79. The highest BCUT2D eigenvalue weighted by molar-refractivity contribution is 5.85. The molecule has 0 saturated carbocycles. The van der Waals surface area contributed by atoms with E-state index in [-0.39, 0.29) is 17.9 Å². The van der Waals surface area contributed by atoms with Gasteiger partial charge in [0.1, 0.15) is 0 Å². The predicted octanol–water partition coefficient (Wildman–Crippen LogP) is 2.47. The number of hydrogen-bond donors (Lipinski definition) is 1. The summed E-state index contributed by atoms with van der Waals surface area (Å²) >= 11 is 0. The van der Waals surface area contributed by atoms with Gasteiger partial charge in [0.25, 0.3) is 0 Å². The third-order valence-electron chi connectivity index (χ3n) is 4.96. The van der Waals surface area contributed by atoms with Crippen LogP contribution in [-0.2, 0) is 11.3 Å². The summed E-state index contributed by atoms with van der Waals surface area (Å²) in [5.41, 5.74) is 7.36. The molecule has 0 spiro atoms. The van der Waals surface area contributed by atoms with Crippen LogP contribution in [0.1, 0.15) is 19.4 Å².